The number of aryl methyl sites for hydroxylation is 1. The van der Waals surface area contributed by atoms with Gasteiger partial charge in [0.1, 0.15) is 6.73 Å². The molecule has 0 saturated carbocycles. The van der Waals surface area contributed by atoms with Crippen molar-refractivity contribution in [3.63, 3.8) is 0 Å². The molecule has 0 heterocycles. The Morgan fingerprint density at radius 2 is 2.11 bits per heavy atom. The van der Waals surface area contributed by atoms with Gasteiger partial charge in [0.05, 0.1) is 5.88 Å². The molecule has 19 heavy (non-hydrogen) atoms. The van der Waals surface area contributed by atoms with E-state index in [1.165, 1.54) is 5.56 Å². The lowest BCUT2D eigenvalue weighted by Gasteiger charge is -2.16. The van der Waals surface area contributed by atoms with Gasteiger partial charge in [0, 0.05) is 17.9 Å². The number of Topliss-reactive ketones (excluding diaryl/α,β-unsaturated/α-hetero) is 1. The van der Waals surface area contributed by atoms with E-state index in [4.69, 9.17) is 16.3 Å². The van der Waals surface area contributed by atoms with Gasteiger partial charge in [-0.25, -0.2) is 0 Å². The highest BCUT2D eigenvalue weighted by molar-refractivity contribution is 6.31. The first-order valence-electron chi connectivity index (χ1n) is 6.68. The minimum atomic E-state index is -0.0644. The molecule has 4 heteroatoms. The zero-order valence-electron chi connectivity index (χ0n) is 11.9. The number of anilines is 1. The highest BCUT2D eigenvalue weighted by atomic mass is 35.5. The lowest BCUT2D eigenvalue weighted by atomic mass is 9.98. The number of alkyl halides is 1. The molecule has 106 valence electrons. The van der Waals surface area contributed by atoms with Gasteiger partial charge in [-0.1, -0.05) is 19.9 Å². The van der Waals surface area contributed by atoms with Crippen LogP contribution in [0.3, 0.4) is 0 Å². The largest absolute Gasteiger partial charge is 0.362 e. The topological polar surface area (TPSA) is 38.3 Å². The number of hydrogen-bond donors (Lipinski definition) is 1. The second-order valence-corrected chi connectivity index (χ2v) is 4.68. The molecule has 0 fully saturated rings. The molecule has 0 atom stereocenters. The van der Waals surface area contributed by atoms with Crippen molar-refractivity contribution in [1.82, 2.24) is 0 Å². The van der Waals surface area contributed by atoms with Gasteiger partial charge < -0.3 is 10.1 Å². The van der Waals surface area contributed by atoms with Gasteiger partial charge in [-0.3, -0.25) is 4.79 Å². The molecule has 0 spiro atoms. The second-order valence-electron chi connectivity index (χ2n) is 4.41. The highest BCUT2D eigenvalue weighted by Crippen LogP contribution is 2.25. The van der Waals surface area contributed by atoms with Gasteiger partial charge in [-0.2, -0.15) is 0 Å². The maximum absolute atomic E-state index is 11.9. The standard InChI is InChI=1S/C15H22ClNO2/c1-4-8-19-10-17-15-11(3)12(5-2)6-7-13(15)14(18)9-16/h6-7,17H,4-5,8-10H2,1-3H3. The number of nitrogens with one attached hydrogen (secondary N) is 1. The highest BCUT2D eigenvalue weighted by Gasteiger charge is 2.14. The molecule has 0 unspecified atom stereocenters. The summed E-state index contributed by atoms with van der Waals surface area (Å²) in [5, 5.41) is 3.20. The van der Waals surface area contributed by atoms with Gasteiger partial charge in [-0.05, 0) is 37.0 Å². The van der Waals surface area contributed by atoms with Crippen LogP contribution in [0.4, 0.5) is 5.69 Å². The van der Waals surface area contributed by atoms with Crippen molar-refractivity contribution in [1.29, 1.82) is 0 Å². The first kappa shape index (κ1) is 16.0. The number of halogens is 1. The van der Waals surface area contributed by atoms with Crippen molar-refractivity contribution in [3.8, 4) is 0 Å². The molecule has 1 aromatic carbocycles. The summed E-state index contributed by atoms with van der Waals surface area (Å²) < 4.78 is 5.43. The fraction of sp³-hybridized carbons (Fsp3) is 0.533. The Morgan fingerprint density at radius 3 is 2.68 bits per heavy atom. The van der Waals surface area contributed by atoms with Crippen molar-refractivity contribution < 1.29 is 9.53 Å². The SMILES string of the molecule is CCCOCNc1c(C(=O)CCl)ccc(CC)c1C. The van der Waals surface area contributed by atoms with Crippen LogP contribution in [-0.4, -0.2) is 25.0 Å². The number of ether oxygens (including phenoxy) is 1. The Kier molecular flexibility index (Phi) is 6.89. The van der Waals surface area contributed by atoms with Crippen LogP contribution in [0, 0.1) is 6.92 Å². The van der Waals surface area contributed by atoms with E-state index in [2.05, 4.69) is 19.2 Å². The van der Waals surface area contributed by atoms with E-state index in [1.54, 1.807) is 0 Å². The van der Waals surface area contributed by atoms with Gasteiger partial charge >= 0.3 is 0 Å². The van der Waals surface area contributed by atoms with E-state index in [0.717, 1.165) is 24.1 Å². The van der Waals surface area contributed by atoms with Crippen LogP contribution in [0.15, 0.2) is 12.1 Å². The number of carbonyl (C=O) groups excluding carboxylic acids is 1. The minimum absolute atomic E-state index is 0.00455. The normalized spacial score (nSPS) is 10.5. The molecule has 1 N–H and O–H groups in total. The zero-order chi connectivity index (χ0) is 14.3. The summed E-state index contributed by atoms with van der Waals surface area (Å²) in [4.78, 5) is 11.9. The Balaban J connectivity index is 2.97. The predicted octanol–water partition coefficient (Wildman–Crippen LogP) is 3.77. The van der Waals surface area contributed by atoms with Crippen LogP contribution in [0.25, 0.3) is 0 Å². The molecule has 0 aliphatic rings. The Morgan fingerprint density at radius 1 is 1.37 bits per heavy atom. The third kappa shape index (κ3) is 4.22. The lowest BCUT2D eigenvalue weighted by molar-refractivity contribution is 0.102. The smallest absolute Gasteiger partial charge is 0.179 e. The summed E-state index contributed by atoms with van der Waals surface area (Å²) in [6, 6.07) is 3.84. The zero-order valence-corrected chi connectivity index (χ0v) is 12.6. The van der Waals surface area contributed by atoms with E-state index < -0.39 is 0 Å². The Labute approximate surface area is 120 Å². The summed E-state index contributed by atoms with van der Waals surface area (Å²) in [6.07, 6.45) is 1.91. The number of hydrogen-bond acceptors (Lipinski definition) is 3. The van der Waals surface area contributed by atoms with Crippen molar-refractivity contribution in [3.05, 3.63) is 28.8 Å². The maximum atomic E-state index is 11.9. The summed E-state index contributed by atoms with van der Waals surface area (Å²) in [5.41, 5.74) is 3.81. The average Bonchev–Trinajstić information content (AvgIpc) is 2.43. The van der Waals surface area contributed by atoms with E-state index >= 15 is 0 Å². The molecule has 0 saturated heterocycles. The van der Waals surface area contributed by atoms with Crippen LogP contribution in [-0.2, 0) is 11.2 Å². The molecule has 1 aromatic rings. The predicted molar refractivity (Wildman–Crippen MR) is 80.3 cm³/mol. The molecule has 3 nitrogen and oxygen atoms in total. The molecular weight excluding hydrogens is 262 g/mol. The third-order valence-electron chi connectivity index (χ3n) is 3.08. The van der Waals surface area contributed by atoms with E-state index in [9.17, 15) is 4.79 Å². The molecular formula is C15H22ClNO2. The molecule has 1 rings (SSSR count). The fourth-order valence-corrected chi connectivity index (χ4v) is 2.15. The van der Waals surface area contributed by atoms with Crippen molar-refractivity contribution >= 4 is 23.1 Å². The average molecular weight is 284 g/mol. The van der Waals surface area contributed by atoms with Crippen molar-refractivity contribution in [2.24, 2.45) is 0 Å². The first-order chi connectivity index (χ1) is 9.15. The van der Waals surface area contributed by atoms with Crippen LogP contribution < -0.4 is 5.32 Å². The van der Waals surface area contributed by atoms with E-state index in [0.29, 0.717) is 18.9 Å². The molecule has 0 aromatic heterocycles. The van der Waals surface area contributed by atoms with Crippen LogP contribution in [0.2, 0.25) is 0 Å². The van der Waals surface area contributed by atoms with Crippen LogP contribution in [0.5, 0.6) is 0 Å². The summed E-state index contributed by atoms with van der Waals surface area (Å²) in [5.74, 6) is -0.0690. The minimum Gasteiger partial charge on any atom is -0.362 e. The summed E-state index contributed by atoms with van der Waals surface area (Å²) in [7, 11) is 0. The molecule has 0 amide bonds. The molecule has 0 aliphatic carbocycles. The molecule has 0 radical (unpaired) electrons. The number of rotatable bonds is 8. The summed E-state index contributed by atoms with van der Waals surface area (Å²) >= 11 is 5.66. The van der Waals surface area contributed by atoms with Crippen LogP contribution in [0.1, 0.15) is 41.8 Å². The van der Waals surface area contributed by atoms with Crippen molar-refractivity contribution in [2.45, 2.75) is 33.6 Å². The summed E-state index contributed by atoms with van der Waals surface area (Å²) in [6.45, 7) is 7.29. The Bertz CT molecular complexity index is 432. The second kappa shape index (κ2) is 8.18. The Hall–Kier alpha value is -1.06. The monoisotopic (exact) mass is 283 g/mol. The molecule has 0 bridgehead atoms. The first-order valence-corrected chi connectivity index (χ1v) is 7.22. The quantitative estimate of drug-likeness (QED) is 0.341. The van der Waals surface area contributed by atoms with Gasteiger partial charge in [-0.15, -0.1) is 11.6 Å². The van der Waals surface area contributed by atoms with Crippen LogP contribution >= 0.6 is 11.6 Å². The van der Waals surface area contributed by atoms with Gasteiger partial charge in [0.15, 0.2) is 5.78 Å². The van der Waals surface area contributed by atoms with Crippen molar-refractivity contribution in [2.75, 3.05) is 24.5 Å². The fourth-order valence-electron chi connectivity index (χ4n) is 2.01. The molecule has 0 aliphatic heterocycles. The lowest BCUT2D eigenvalue weighted by Crippen LogP contribution is -2.13. The van der Waals surface area contributed by atoms with Gasteiger partial charge in [0.25, 0.3) is 0 Å². The third-order valence-corrected chi connectivity index (χ3v) is 3.32. The number of carbonyl (C=O) groups is 1. The number of ketones is 1. The maximum Gasteiger partial charge on any atom is 0.179 e. The van der Waals surface area contributed by atoms with E-state index in [-0.39, 0.29) is 11.7 Å². The van der Waals surface area contributed by atoms with E-state index in [1.807, 2.05) is 19.1 Å². The van der Waals surface area contributed by atoms with Gasteiger partial charge in [0.2, 0.25) is 0 Å². The number of benzene rings is 1.